The summed E-state index contributed by atoms with van der Waals surface area (Å²) in [5.41, 5.74) is 12.6. The zero-order chi connectivity index (χ0) is 41.4. The lowest BCUT2D eigenvalue weighted by Gasteiger charge is -2.11. The third-order valence-electron chi connectivity index (χ3n) is 12.2. The number of fused-ring (bicyclic) bond motifs is 9. The quantitative estimate of drug-likeness (QED) is 0.167. The van der Waals surface area contributed by atoms with E-state index in [1.807, 2.05) is 47.7 Å². The minimum absolute atomic E-state index is 0.572. The molecule has 13 rings (SSSR count). The van der Waals surface area contributed by atoms with Gasteiger partial charge in [-0.05, 0) is 82.4 Å². The number of hydrogen-bond donors (Lipinski definition) is 0. The summed E-state index contributed by atoms with van der Waals surface area (Å²) in [5.74, 6) is 1.75. The number of furan rings is 2. The summed E-state index contributed by atoms with van der Waals surface area (Å²) in [4.78, 5) is 15.4. The number of benzene rings is 9. The molecule has 0 aliphatic carbocycles. The molecule has 0 saturated heterocycles. The summed E-state index contributed by atoms with van der Waals surface area (Å²) in [5, 5.41) is 6.86. The maximum atomic E-state index is 6.73. The van der Waals surface area contributed by atoms with Crippen molar-refractivity contribution in [3.63, 3.8) is 0 Å². The minimum atomic E-state index is 0.572. The molecule has 0 aliphatic heterocycles. The second-order valence-corrected chi connectivity index (χ2v) is 17.0. The van der Waals surface area contributed by atoms with Gasteiger partial charge in [-0.3, -0.25) is 0 Å². The standard InChI is InChI=1S/C57H33N3O2S/c1-2-11-34(12-3-1)37-13-10-14-39(31-37)56-58-55(59-57(60-56)40-25-27-44-43-15-4-7-18-48(43)61-50(44)33-40)36-23-21-35(22-24-36)41-28-29-42(54-53(41)46-17-5-8-19-49(46)62-54)38-26-30-52-47(32-38)45-16-6-9-20-51(45)63-52/h1-33H. The van der Waals surface area contributed by atoms with Crippen LogP contribution in [0.25, 0.3) is 132 Å². The third kappa shape index (κ3) is 5.95. The smallest absolute Gasteiger partial charge is 0.164 e. The van der Waals surface area contributed by atoms with Crippen molar-refractivity contribution in [1.82, 2.24) is 15.0 Å². The van der Waals surface area contributed by atoms with E-state index in [1.54, 1.807) is 0 Å². The molecule has 0 radical (unpaired) electrons. The number of thiophene rings is 1. The lowest BCUT2D eigenvalue weighted by atomic mass is 9.93. The predicted octanol–water partition coefficient (Wildman–Crippen LogP) is 16.0. The average molecular weight is 824 g/mol. The van der Waals surface area contributed by atoms with Crippen molar-refractivity contribution in [3.05, 3.63) is 200 Å². The molecule has 0 N–H and O–H groups in total. The Morgan fingerprint density at radius 3 is 1.70 bits per heavy atom. The van der Waals surface area contributed by atoms with Gasteiger partial charge >= 0.3 is 0 Å². The molecule has 13 aromatic rings. The summed E-state index contributed by atoms with van der Waals surface area (Å²) in [6.07, 6.45) is 0. The van der Waals surface area contributed by atoms with Crippen LogP contribution >= 0.6 is 11.3 Å². The molecule has 0 atom stereocenters. The number of nitrogens with zero attached hydrogens (tertiary/aromatic N) is 3. The molecule has 6 heteroatoms. The fraction of sp³-hybridized carbons (Fsp3) is 0. The maximum Gasteiger partial charge on any atom is 0.164 e. The van der Waals surface area contributed by atoms with E-state index in [0.717, 1.165) is 93.9 Å². The summed E-state index contributed by atoms with van der Waals surface area (Å²) in [6.45, 7) is 0. The Morgan fingerprint density at radius 1 is 0.302 bits per heavy atom. The largest absolute Gasteiger partial charge is 0.456 e. The highest BCUT2D eigenvalue weighted by Crippen LogP contribution is 2.44. The van der Waals surface area contributed by atoms with Gasteiger partial charge in [-0.1, -0.05) is 146 Å². The molecule has 0 spiro atoms. The number of hydrogen-bond acceptors (Lipinski definition) is 6. The third-order valence-corrected chi connectivity index (χ3v) is 13.3. The predicted molar refractivity (Wildman–Crippen MR) is 260 cm³/mol. The SMILES string of the molecule is c1ccc(-c2cccc(-c3nc(-c4ccc(-c5ccc(-c6ccc7sc8ccccc8c7c6)c6oc7ccccc7c56)cc4)nc(-c4ccc5c(c4)oc4ccccc45)n3)c2)cc1. The topological polar surface area (TPSA) is 65.0 Å². The molecule has 0 amide bonds. The Labute approximate surface area is 365 Å². The van der Waals surface area contributed by atoms with Crippen LogP contribution in [-0.2, 0) is 0 Å². The molecule has 0 unspecified atom stereocenters. The van der Waals surface area contributed by atoms with Crippen LogP contribution in [0.15, 0.2) is 209 Å². The molecule has 63 heavy (non-hydrogen) atoms. The zero-order valence-electron chi connectivity index (χ0n) is 33.6. The van der Waals surface area contributed by atoms with Crippen LogP contribution < -0.4 is 0 Å². The van der Waals surface area contributed by atoms with E-state index >= 15 is 0 Å². The van der Waals surface area contributed by atoms with Crippen LogP contribution in [0.2, 0.25) is 0 Å². The van der Waals surface area contributed by atoms with Gasteiger partial charge in [0.25, 0.3) is 0 Å². The van der Waals surface area contributed by atoms with E-state index in [4.69, 9.17) is 23.8 Å². The lowest BCUT2D eigenvalue weighted by molar-refractivity contribution is 0.669. The normalized spacial score (nSPS) is 11.8. The molecule has 0 fully saturated rings. The highest BCUT2D eigenvalue weighted by atomic mass is 32.1. The van der Waals surface area contributed by atoms with E-state index in [9.17, 15) is 0 Å². The Balaban J connectivity index is 0.935. The minimum Gasteiger partial charge on any atom is -0.456 e. The van der Waals surface area contributed by atoms with Crippen molar-refractivity contribution in [2.45, 2.75) is 0 Å². The van der Waals surface area contributed by atoms with Crippen LogP contribution in [0, 0.1) is 0 Å². The van der Waals surface area contributed by atoms with Crippen LogP contribution in [0.3, 0.4) is 0 Å². The summed E-state index contributed by atoms with van der Waals surface area (Å²) in [6, 6.07) is 69.8. The zero-order valence-corrected chi connectivity index (χ0v) is 34.4. The van der Waals surface area contributed by atoms with Gasteiger partial charge in [0.05, 0.1) is 0 Å². The van der Waals surface area contributed by atoms with Crippen LogP contribution in [-0.4, -0.2) is 15.0 Å². The molecule has 0 bridgehead atoms. The van der Waals surface area contributed by atoms with Gasteiger partial charge in [-0.15, -0.1) is 11.3 Å². The highest BCUT2D eigenvalue weighted by Gasteiger charge is 2.20. The molecule has 0 saturated carbocycles. The maximum absolute atomic E-state index is 6.73. The first kappa shape index (κ1) is 35.6. The van der Waals surface area contributed by atoms with Crippen molar-refractivity contribution < 1.29 is 8.83 Å². The average Bonchev–Trinajstić information content (AvgIpc) is 4.05. The summed E-state index contributed by atoms with van der Waals surface area (Å²) >= 11 is 1.83. The van der Waals surface area contributed by atoms with Crippen LogP contribution in [0.4, 0.5) is 0 Å². The summed E-state index contributed by atoms with van der Waals surface area (Å²) in [7, 11) is 0. The molecular formula is C57H33N3O2S. The molecule has 5 nitrogen and oxygen atoms in total. The van der Waals surface area contributed by atoms with Gasteiger partial charge in [0.1, 0.15) is 22.3 Å². The Bertz CT molecular complexity index is 3920. The number of rotatable bonds is 6. The first-order valence-electron chi connectivity index (χ1n) is 21.0. The number of aromatic nitrogens is 3. The van der Waals surface area contributed by atoms with Gasteiger partial charge in [0.15, 0.2) is 17.5 Å². The summed E-state index contributed by atoms with van der Waals surface area (Å²) < 4.78 is 15.6. The molecule has 4 aromatic heterocycles. The monoisotopic (exact) mass is 823 g/mol. The van der Waals surface area contributed by atoms with Crippen molar-refractivity contribution in [3.8, 4) is 67.5 Å². The molecule has 294 valence electrons. The Hall–Kier alpha value is -8.19. The molecule has 0 aliphatic rings. The van der Waals surface area contributed by atoms with Gasteiger partial charge in [0.2, 0.25) is 0 Å². The van der Waals surface area contributed by atoms with E-state index in [2.05, 4.69) is 164 Å². The van der Waals surface area contributed by atoms with E-state index in [0.29, 0.717) is 17.5 Å². The molecule has 4 heterocycles. The van der Waals surface area contributed by atoms with Crippen LogP contribution in [0.1, 0.15) is 0 Å². The van der Waals surface area contributed by atoms with Crippen molar-refractivity contribution in [2.24, 2.45) is 0 Å². The molecular weight excluding hydrogens is 791 g/mol. The Kier molecular flexibility index (Phi) is 8.01. The van der Waals surface area contributed by atoms with Gasteiger partial charge in [-0.25, -0.2) is 15.0 Å². The van der Waals surface area contributed by atoms with Crippen LogP contribution in [0.5, 0.6) is 0 Å². The highest BCUT2D eigenvalue weighted by molar-refractivity contribution is 7.25. The van der Waals surface area contributed by atoms with Crippen molar-refractivity contribution >= 4 is 75.4 Å². The fourth-order valence-electron chi connectivity index (χ4n) is 9.09. The Morgan fingerprint density at radius 2 is 0.873 bits per heavy atom. The second-order valence-electron chi connectivity index (χ2n) is 15.9. The first-order chi connectivity index (χ1) is 31.2. The van der Waals surface area contributed by atoms with E-state index < -0.39 is 0 Å². The van der Waals surface area contributed by atoms with Crippen molar-refractivity contribution in [1.29, 1.82) is 0 Å². The molecule has 9 aromatic carbocycles. The van der Waals surface area contributed by atoms with Gasteiger partial charge < -0.3 is 8.83 Å². The van der Waals surface area contributed by atoms with Gasteiger partial charge in [0, 0.05) is 64.0 Å². The number of para-hydroxylation sites is 2. The van der Waals surface area contributed by atoms with Gasteiger partial charge in [-0.2, -0.15) is 0 Å². The lowest BCUT2D eigenvalue weighted by Crippen LogP contribution is -2.00. The first-order valence-corrected chi connectivity index (χ1v) is 21.8. The van der Waals surface area contributed by atoms with E-state index in [1.165, 1.54) is 20.2 Å². The van der Waals surface area contributed by atoms with E-state index in [-0.39, 0.29) is 0 Å². The fourth-order valence-corrected chi connectivity index (χ4v) is 10.2. The second kappa shape index (κ2) is 14.2. The van der Waals surface area contributed by atoms with Crippen molar-refractivity contribution in [2.75, 3.05) is 0 Å².